The summed E-state index contributed by atoms with van der Waals surface area (Å²) in [6.07, 6.45) is 1.72. The average molecular weight is 386 g/mol. The highest BCUT2D eigenvalue weighted by molar-refractivity contribution is 7.07. The van der Waals surface area contributed by atoms with Gasteiger partial charge in [-0.05, 0) is 33.8 Å². The van der Waals surface area contributed by atoms with E-state index >= 15 is 4.11 Å². The van der Waals surface area contributed by atoms with Gasteiger partial charge in [0.05, 0.1) is 12.8 Å². The van der Waals surface area contributed by atoms with Crippen LogP contribution in [-0.4, -0.2) is 20.5 Å². The molecule has 0 atom stereocenters. The van der Waals surface area contributed by atoms with Gasteiger partial charge in [0.2, 0.25) is 0 Å². The van der Waals surface area contributed by atoms with Gasteiger partial charge < -0.3 is 4.74 Å². The molecular formula is C24H20FNOSi. The molecule has 0 aliphatic carbocycles. The molecule has 0 bridgehead atoms. The third-order valence-corrected chi connectivity index (χ3v) is 8.30. The molecule has 138 valence electrons. The zero-order valence-electron chi connectivity index (χ0n) is 15.5. The van der Waals surface area contributed by atoms with Crippen LogP contribution in [0.15, 0.2) is 103 Å². The number of methoxy groups -OCH3 is 1. The number of benzene rings is 3. The third-order valence-electron chi connectivity index (χ3n) is 4.88. The number of halogens is 1. The van der Waals surface area contributed by atoms with Gasteiger partial charge >= 0.3 is 8.41 Å². The highest BCUT2D eigenvalue weighted by atomic mass is 28.4. The molecule has 28 heavy (non-hydrogen) atoms. The molecule has 0 fully saturated rings. The Hall–Kier alpha value is -3.24. The quantitative estimate of drug-likeness (QED) is 0.297. The summed E-state index contributed by atoms with van der Waals surface area (Å²) in [5.74, 6) is 0.623. The van der Waals surface area contributed by atoms with E-state index in [0.717, 1.165) is 0 Å². The fourth-order valence-electron chi connectivity index (χ4n) is 3.58. The van der Waals surface area contributed by atoms with Gasteiger partial charge in [0.15, 0.2) is 0 Å². The van der Waals surface area contributed by atoms with Crippen LogP contribution < -0.4 is 20.3 Å². The first kappa shape index (κ1) is 18.1. The number of aromatic nitrogens is 1. The Morgan fingerprint density at radius 2 is 1.32 bits per heavy atom. The molecule has 0 spiro atoms. The summed E-state index contributed by atoms with van der Waals surface area (Å²) in [5, 5.41) is 2.04. The maximum absolute atomic E-state index is 17.3. The molecule has 0 saturated carbocycles. The Kier molecular flexibility index (Phi) is 5.04. The number of rotatable bonds is 5. The van der Waals surface area contributed by atoms with E-state index in [1.54, 1.807) is 13.3 Å². The van der Waals surface area contributed by atoms with E-state index in [0.29, 0.717) is 32.6 Å². The molecular weight excluding hydrogens is 365 g/mol. The lowest BCUT2D eigenvalue weighted by Gasteiger charge is -2.27. The number of hydrogen-bond donors (Lipinski definition) is 0. The molecule has 0 unspecified atom stereocenters. The highest BCUT2D eigenvalue weighted by Gasteiger charge is 2.43. The average Bonchev–Trinajstić information content (AvgIpc) is 2.79. The minimum absolute atomic E-state index is 0.623. The first-order chi connectivity index (χ1) is 13.7. The molecule has 4 aromatic rings. The maximum atomic E-state index is 17.3. The lowest BCUT2D eigenvalue weighted by molar-refractivity contribution is 0.416. The minimum atomic E-state index is -3.77. The topological polar surface area (TPSA) is 22.1 Å². The molecule has 4 rings (SSSR count). The van der Waals surface area contributed by atoms with Crippen LogP contribution in [0.2, 0.25) is 0 Å². The maximum Gasteiger partial charge on any atom is 0.340 e. The summed E-state index contributed by atoms with van der Waals surface area (Å²) in [5.41, 5.74) is 1.42. The van der Waals surface area contributed by atoms with Crippen LogP contribution in [0.5, 0.6) is 5.75 Å². The zero-order valence-corrected chi connectivity index (χ0v) is 16.5. The van der Waals surface area contributed by atoms with E-state index in [1.165, 1.54) is 0 Å². The van der Waals surface area contributed by atoms with E-state index in [4.69, 9.17) is 4.74 Å². The Bertz CT molecular complexity index is 1020. The number of pyridine rings is 1. The fraction of sp³-hybridized carbons (Fsp3) is 0.0417. The zero-order chi connectivity index (χ0) is 19.4. The van der Waals surface area contributed by atoms with Crippen molar-refractivity contribution >= 4 is 24.0 Å². The Labute approximate surface area is 165 Å². The van der Waals surface area contributed by atoms with Gasteiger partial charge in [-0.2, -0.15) is 0 Å². The Morgan fingerprint density at radius 1 is 0.714 bits per heavy atom. The van der Waals surface area contributed by atoms with Crippen LogP contribution in [-0.2, 0) is 0 Å². The molecule has 2 nitrogen and oxygen atoms in total. The predicted molar refractivity (Wildman–Crippen MR) is 115 cm³/mol. The number of nitrogens with zero attached hydrogens (tertiary/aromatic N) is 1. The molecule has 3 aromatic carbocycles. The second-order valence-corrected chi connectivity index (χ2v) is 9.50. The number of ether oxygens (including phenoxy) is 1. The lowest BCUT2D eigenvalue weighted by atomic mass is 10.1. The van der Waals surface area contributed by atoms with Gasteiger partial charge in [-0.3, -0.25) is 9.09 Å². The van der Waals surface area contributed by atoms with Crippen molar-refractivity contribution in [1.29, 1.82) is 0 Å². The second-order valence-electron chi connectivity index (χ2n) is 6.49. The van der Waals surface area contributed by atoms with E-state index in [2.05, 4.69) is 4.98 Å². The van der Waals surface area contributed by atoms with E-state index < -0.39 is 8.41 Å². The molecule has 0 radical (unpaired) electrons. The first-order valence-corrected chi connectivity index (χ1v) is 11.0. The van der Waals surface area contributed by atoms with E-state index in [1.807, 2.05) is 97.1 Å². The van der Waals surface area contributed by atoms with E-state index in [-0.39, 0.29) is 0 Å². The summed E-state index contributed by atoms with van der Waals surface area (Å²) in [4.78, 5) is 4.49. The molecule has 0 aliphatic rings. The highest BCUT2D eigenvalue weighted by Crippen LogP contribution is 2.29. The molecule has 0 saturated heterocycles. The third kappa shape index (κ3) is 3.12. The standard InChI is InChI=1S/C24H20FNOSi/c1-27-22-16-10-17-23(24(22)21-15-8-9-18-26-21)28(25,19-11-4-2-5-12-19)20-13-6-3-7-14-20/h2-18H,1H3. The molecule has 0 aliphatic heterocycles. The Morgan fingerprint density at radius 3 is 1.86 bits per heavy atom. The largest absolute Gasteiger partial charge is 0.496 e. The summed E-state index contributed by atoms with van der Waals surface area (Å²) in [6.45, 7) is 0. The predicted octanol–water partition coefficient (Wildman–Crippen LogP) is 3.69. The van der Waals surface area contributed by atoms with E-state index in [9.17, 15) is 0 Å². The van der Waals surface area contributed by atoms with Gasteiger partial charge in [0.25, 0.3) is 0 Å². The van der Waals surface area contributed by atoms with Crippen molar-refractivity contribution in [3.05, 3.63) is 103 Å². The van der Waals surface area contributed by atoms with Gasteiger partial charge in [-0.25, -0.2) is 0 Å². The lowest BCUT2D eigenvalue weighted by Crippen LogP contribution is -2.64. The number of hydrogen-bond acceptors (Lipinski definition) is 2. The monoisotopic (exact) mass is 385 g/mol. The first-order valence-electron chi connectivity index (χ1n) is 9.14. The summed E-state index contributed by atoms with van der Waals surface area (Å²) in [6, 6.07) is 30.1. The molecule has 4 heteroatoms. The van der Waals surface area contributed by atoms with Crippen LogP contribution in [0.1, 0.15) is 0 Å². The van der Waals surface area contributed by atoms with Crippen molar-refractivity contribution in [2.75, 3.05) is 7.11 Å². The summed E-state index contributed by atoms with van der Waals surface area (Å²) >= 11 is 0. The van der Waals surface area contributed by atoms with Crippen molar-refractivity contribution in [3.8, 4) is 17.0 Å². The van der Waals surface area contributed by atoms with Crippen LogP contribution >= 0.6 is 0 Å². The van der Waals surface area contributed by atoms with Crippen molar-refractivity contribution in [2.45, 2.75) is 0 Å². The fourth-order valence-corrected chi connectivity index (χ4v) is 6.76. The summed E-state index contributed by atoms with van der Waals surface area (Å²) in [7, 11) is -2.16. The second kappa shape index (κ2) is 7.78. The molecule has 0 N–H and O–H groups in total. The molecule has 1 heterocycles. The Balaban J connectivity index is 2.07. The molecule has 0 amide bonds. The van der Waals surface area contributed by atoms with Gasteiger partial charge in [0.1, 0.15) is 5.75 Å². The van der Waals surface area contributed by atoms with Crippen LogP contribution in [0.25, 0.3) is 11.3 Å². The van der Waals surface area contributed by atoms with Crippen molar-refractivity contribution in [1.82, 2.24) is 4.98 Å². The normalized spacial score (nSPS) is 11.2. The molecule has 1 aromatic heterocycles. The van der Waals surface area contributed by atoms with Crippen molar-refractivity contribution in [2.24, 2.45) is 0 Å². The minimum Gasteiger partial charge on any atom is -0.496 e. The van der Waals surface area contributed by atoms with Crippen molar-refractivity contribution < 1.29 is 8.84 Å². The smallest absolute Gasteiger partial charge is 0.340 e. The summed E-state index contributed by atoms with van der Waals surface area (Å²) < 4.78 is 22.9. The van der Waals surface area contributed by atoms with Crippen LogP contribution in [0.3, 0.4) is 0 Å². The van der Waals surface area contributed by atoms with Crippen molar-refractivity contribution in [3.63, 3.8) is 0 Å². The SMILES string of the molecule is COc1cccc([Si](F)(c2ccccc2)c2ccccc2)c1-c1ccccn1. The van der Waals surface area contributed by atoms with Crippen LogP contribution in [0, 0.1) is 0 Å². The van der Waals surface area contributed by atoms with Gasteiger partial charge in [-0.1, -0.05) is 78.9 Å². The van der Waals surface area contributed by atoms with Gasteiger partial charge in [-0.15, -0.1) is 0 Å². The van der Waals surface area contributed by atoms with Gasteiger partial charge in [0, 0.05) is 11.8 Å². The van der Waals surface area contributed by atoms with Crippen LogP contribution in [0.4, 0.5) is 4.11 Å².